The Hall–Kier alpha value is -6.13. The molecule has 17 heteroatoms. The topological polar surface area (TPSA) is 246 Å². The second-order valence-corrected chi connectivity index (χ2v) is 17.4. The summed E-state index contributed by atoms with van der Waals surface area (Å²) in [5.74, 6) is -8.53. The molecule has 2 aromatic carbocycles. The fourth-order valence-electron chi connectivity index (χ4n) is 8.04. The molecule has 5 amide bonds. The van der Waals surface area contributed by atoms with Crippen molar-refractivity contribution in [3.63, 3.8) is 0 Å². The number of carboxylic acid groups (broad SMARTS) is 2. The summed E-state index contributed by atoms with van der Waals surface area (Å²) < 4.78 is 5.94. The fourth-order valence-corrected chi connectivity index (χ4v) is 8.04. The Bertz CT molecular complexity index is 2010. The number of ether oxygens (including phenoxy) is 1. The second-order valence-electron chi connectivity index (χ2n) is 17.4. The van der Waals surface area contributed by atoms with E-state index in [1.807, 2.05) is 24.3 Å². The summed E-state index contributed by atoms with van der Waals surface area (Å²) in [6, 6.07) is 10.9. The first-order valence-corrected chi connectivity index (χ1v) is 22.2. The number of hydrogen-bond acceptors (Lipinski definition) is 10. The van der Waals surface area contributed by atoms with Gasteiger partial charge in [0.05, 0.1) is 12.6 Å². The van der Waals surface area contributed by atoms with Gasteiger partial charge in [-0.05, 0) is 54.2 Å². The number of carbonyl (C=O) groups excluding carboxylic acids is 7. The maximum Gasteiger partial charge on any atom is 0.410 e. The van der Waals surface area contributed by atoms with E-state index in [0.717, 1.165) is 11.1 Å². The summed E-state index contributed by atoms with van der Waals surface area (Å²) in [5, 5.41) is 26.5. The molecule has 2 aliphatic heterocycles. The SMILES string of the molecule is CCCC(NC(=O)[C@@H]1CC(OC(=O)N2CCc3ccccc3C2)CN1C(=O)[C@@H](NC(=O)[C@@H](CC(=O)CCCCC(=O)O)C(C)C)C(C)C)C(=O)C(=O)N[C@@H](Cc1ccccc1)C(=O)O. The molecule has 1 saturated heterocycles. The number of carbonyl (C=O) groups is 9. The minimum absolute atomic E-state index is 0.00345. The number of amides is 5. The Morgan fingerprint density at radius 1 is 0.797 bits per heavy atom. The summed E-state index contributed by atoms with van der Waals surface area (Å²) in [6.07, 6.45) is -0.371. The molecular weight excluding hydrogens is 827 g/mol. The van der Waals surface area contributed by atoms with Crippen molar-refractivity contribution in [3.8, 4) is 0 Å². The van der Waals surface area contributed by atoms with Crippen LogP contribution < -0.4 is 16.0 Å². The van der Waals surface area contributed by atoms with Gasteiger partial charge in [0, 0.05) is 51.1 Å². The number of nitrogens with zero attached hydrogens (tertiary/aromatic N) is 2. The van der Waals surface area contributed by atoms with Crippen LogP contribution in [0.15, 0.2) is 54.6 Å². The van der Waals surface area contributed by atoms with Crippen molar-refractivity contribution in [2.45, 2.75) is 136 Å². The third kappa shape index (κ3) is 14.5. The molecule has 1 fully saturated rings. The van der Waals surface area contributed by atoms with E-state index in [-0.39, 0.29) is 56.8 Å². The predicted octanol–water partition coefficient (Wildman–Crippen LogP) is 3.83. The van der Waals surface area contributed by atoms with Crippen molar-refractivity contribution in [2.24, 2.45) is 17.8 Å². The van der Waals surface area contributed by atoms with Crippen LogP contribution in [0.4, 0.5) is 4.79 Å². The van der Waals surface area contributed by atoms with Crippen LogP contribution in [0.5, 0.6) is 0 Å². The first-order chi connectivity index (χ1) is 30.4. The van der Waals surface area contributed by atoms with Gasteiger partial charge in [0.15, 0.2) is 0 Å². The van der Waals surface area contributed by atoms with Gasteiger partial charge in [-0.25, -0.2) is 9.59 Å². The number of rotatable bonds is 23. The number of hydrogen-bond donors (Lipinski definition) is 5. The van der Waals surface area contributed by atoms with Crippen molar-refractivity contribution in [2.75, 3.05) is 13.1 Å². The van der Waals surface area contributed by atoms with Gasteiger partial charge in [0.25, 0.3) is 5.91 Å². The van der Waals surface area contributed by atoms with Crippen molar-refractivity contribution < 1.29 is 58.1 Å². The third-order valence-corrected chi connectivity index (χ3v) is 11.7. The lowest BCUT2D eigenvalue weighted by Gasteiger charge is -2.32. The molecule has 0 saturated carbocycles. The van der Waals surface area contributed by atoms with E-state index < -0.39 is 89.6 Å². The van der Waals surface area contributed by atoms with Crippen molar-refractivity contribution in [1.82, 2.24) is 25.8 Å². The molecule has 2 aliphatic rings. The van der Waals surface area contributed by atoms with E-state index in [4.69, 9.17) is 9.84 Å². The van der Waals surface area contributed by atoms with Crippen LogP contribution in [0.25, 0.3) is 0 Å². The molecule has 5 N–H and O–H groups in total. The number of fused-ring (bicyclic) bond motifs is 1. The van der Waals surface area contributed by atoms with Crippen molar-refractivity contribution >= 4 is 53.2 Å². The summed E-state index contributed by atoms with van der Waals surface area (Å²) in [7, 11) is 0. The van der Waals surface area contributed by atoms with E-state index in [1.165, 1.54) is 9.80 Å². The smallest absolute Gasteiger partial charge is 0.410 e. The minimum atomic E-state index is -1.44. The van der Waals surface area contributed by atoms with Crippen LogP contribution in [0.2, 0.25) is 0 Å². The second kappa shape index (κ2) is 24.1. The minimum Gasteiger partial charge on any atom is -0.481 e. The van der Waals surface area contributed by atoms with Crippen LogP contribution in [0.3, 0.4) is 0 Å². The summed E-state index contributed by atoms with van der Waals surface area (Å²) >= 11 is 0. The molecule has 2 unspecified atom stereocenters. The van der Waals surface area contributed by atoms with E-state index in [0.29, 0.717) is 44.3 Å². The van der Waals surface area contributed by atoms with Gasteiger partial charge >= 0.3 is 18.0 Å². The molecule has 64 heavy (non-hydrogen) atoms. The fraction of sp³-hybridized carbons (Fsp3) is 0.553. The Morgan fingerprint density at radius 3 is 2.08 bits per heavy atom. The molecule has 0 bridgehead atoms. The van der Waals surface area contributed by atoms with Gasteiger partial charge in [-0.1, -0.05) is 95.6 Å². The highest BCUT2D eigenvalue weighted by Crippen LogP contribution is 2.27. The number of likely N-dealkylation sites (tertiary alicyclic amines) is 1. The molecule has 348 valence electrons. The van der Waals surface area contributed by atoms with E-state index in [2.05, 4.69) is 16.0 Å². The maximum absolute atomic E-state index is 14.6. The third-order valence-electron chi connectivity index (χ3n) is 11.7. The lowest BCUT2D eigenvalue weighted by molar-refractivity contribution is -0.146. The predicted molar refractivity (Wildman–Crippen MR) is 233 cm³/mol. The molecule has 0 aromatic heterocycles. The molecular formula is C47H63N5O12. The average Bonchev–Trinajstić information content (AvgIpc) is 3.68. The maximum atomic E-state index is 14.6. The normalized spacial score (nSPS) is 17.7. The number of ketones is 2. The molecule has 0 radical (unpaired) electrons. The van der Waals surface area contributed by atoms with Gasteiger partial charge in [-0.2, -0.15) is 0 Å². The zero-order valence-corrected chi connectivity index (χ0v) is 37.4. The zero-order valence-electron chi connectivity index (χ0n) is 37.4. The summed E-state index contributed by atoms with van der Waals surface area (Å²) in [5.41, 5.74) is 2.69. The average molecular weight is 890 g/mol. The number of carboxylic acids is 2. The van der Waals surface area contributed by atoms with E-state index in [1.54, 1.807) is 65.0 Å². The Labute approximate surface area is 374 Å². The number of nitrogens with one attached hydrogen (secondary N) is 3. The van der Waals surface area contributed by atoms with Crippen LogP contribution >= 0.6 is 0 Å². The highest BCUT2D eigenvalue weighted by Gasteiger charge is 2.46. The number of Topliss-reactive ketones (excluding diaryl/α,β-unsaturated/α-hetero) is 2. The lowest BCUT2D eigenvalue weighted by atomic mass is 9.88. The largest absolute Gasteiger partial charge is 0.481 e. The lowest BCUT2D eigenvalue weighted by Crippen LogP contribution is -2.58. The standard InChI is InChI=1S/C47H63N5O12/c1-6-14-36(41(56)44(59)49-37(46(61)62)23-30-15-8-7-9-16-30)48-43(58)38-25-34(64-47(63)51-22-21-31-17-10-11-18-32(31)26-51)27-52(38)45(60)40(29(4)5)50-42(57)35(28(2)3)24-33(53)19-12-13-20-39(54)55/h7-11,15-18,28-29,34-38,40H,6,12-14,19-27H2,1-5H3,(H,48,58)(H,49,59)(H,50,57)(H,54,55)(H,61,62)/t34?,35-,36?,37-,38-,40-/m0/s1. The van der Waals surface area contributed by atoms with Gasteiger partial charge < -0.3 is 40.7 Å². The Balaban J connectivity index is 1.55. The molecule has 0 spiro atoms. The van der Waals surface area contributed by atoms with Gasteiger partial charge in [-0.15, -0.1) is 0 Å². The number of unbranched alkanes of at least 4 members (excludes halogenated alkanes) is 1. The van der Waals surface area contributed by atoms with Crippen LogP contribution in [0, 0.1) is 17.8 Å². The zero-order chi connectivity index (χ0) is 47.1. The van der Waals surface area contributed by atoms with Gasteiger partial charge in [-0.3, -0.25) is 33.6 Å². The van der Waals surface area contributed by atoms with Crippen LogP contribution in [-0.2, 0) is 62.5 Å². The Kier molecular flexibility index (Phi) is 19.0. The quantitative estimate of drug-likeness (QED) is 0.0790. The first-order valence-electron chi connectivity index (χ1n) is 22.2. The van der Waals surface area contributed by atoms with Gasteiger partial charge in [0.1, 0.15) is 30.0 Å². The first kappa shape index (κ1) is 50.5. The molecule has 2 heterocycles. The highest BCUT2D eigenvalue weighted by atomic mass is 16.6. The molecule has 6 atom stereocenters. The van der Waals surface area contributed by atoms with Crippen molar-refractivity contribution in [1.29, 1.82) is 0 Å². The van der Waals surface area contributed by atoms with Crippen LogP contribution in [-0.4, -0.2) is 117 Å². The van der Waals surface area contributed by atoms with Crippen molar-refractivity contribution in [3.05, 3.63) is 71.3 Å². The monoisotopic (exact) mass is 889 g/mol. The highest BCUT2D eigenvalue weighted by molar-refractivity contribution is 6.38. The summed E-state index contributed by atoms with van der Waals surface area (Å²) in [6.45, 7) is 9.13. The van der Waals surface area contributed by atoms with E-state index in [9.17, 15) is 48.3 Å². The van der Waals surface area contributed by atoms with Crippen LogP contribution in [0.1, 0.15) is 103 Å². The molecule has 2 aromatic rings. The molecule has 4 rings (SSSR count). The Morgan fingerprint density at radius 2 is 1.45 bits per heavy atom. The molecule has 0 aliphatic carbocycles. The van der Waals surface area contributed by atoms with Gasteiger partial charge in [0.2, 0.25) is 23.5 Å². The number of aliphatic carboxylic acids is 2. The van der Waals surface area contributed by atoms with E-state index >= 15 is 0 Å². The number of benzene rings is 2. The molecule has 17 nitrogen and oxygen atoms in total. The summed E-state index contributed by atoms with van der Waals surface area (Å²) in [4.78, 5) is 122.